The smallest absolute Gasteiger partial charge is 0.267 e. The number of rotatable bonds is 2. The Morgan fingerprint density at radius 1 is 0.769 bits per heavy atom. The lowest BCUT2D eigenvalue weighted by molar-refractivity contribution is 0.0359. The highest BCUT2D eigenvalue weighted by Crippen LogP contribution is 2.20. The number of nitrogens with one attached hydrogen (secondary N) is 1. The molecule has 26 heavy (non-hydrogen) atoms. The van der Waals surface area contributed by atoms with Gasteiger partial charge in [0.2, 0.25) is 0 Å². The standard InChI is InChI=1S/C22H22N2O2/c1-22(2,3)24(23-20(25)17-10-5-4-6-11-17)21(26)19-14-13-16-9-7-8-12-18(16)15-19/h4-15H,1-3H3,(H,23,25). The summed E-state index contributed by atoms with van der Waals surface area (Å²) in [6.07, 6.45) is 0. The van der Waals surface area contributed by atoms with Crippen LogP contribution in [0.15, 0.2) is 72.8 Å². The molecule has 0 saturated carbocycles. The van der Waals surface area contributed by atoms with Crippen molar-refractivity contribution in [3.8, 4) is 0 Å². The minimum Gasteiger partial charge on any atom is -0.267 e. The van der Waals surface area contributed by atoms with Crippen LogP contribution in [0.1, 0.15) is 41.5 Å². The highest BCUT2D eigenvalue weighted by molar-refractivity contribution is 6.01. The molecule has 3 rings (SSSR count). The molecule has 2 amide bonds. The fourth-order valence-electron chi connectivity index (χ4n) is 2.73. The molecular weight excluding hydrogens is 324 g/mol. The molecule has 0 spiro atoms. The first-order chi connectivity index (χ1) is 12.4. The number of carbonyl (C=O) groups excluding carboxylic acids is 2. The lowest BCUT2D eigenvalue weighted by Crippen LogP contribution is -2.55. The number of benzene rings is 3. The van der Waals surface area contributed by atoms with E-state index in [9.17, 15) is 9.59 Å². The highest BCUT2D eigenvalue weighted by atomic mass is 16.2. The third-order valence-electron chi connectivity index (χ3n) is 4.12. The van der Waals surface area contributed by atoms with E-state index < -0.39 is 5.54 Å². The number of hydrazine groups is 1. The molecule has 0 bridgehead atoms. The van der Waals surface area contributed by atoms with Crippen molar-refractivity contribution in [3.63, 3.8) is 0 Å². The van der Waals surface area contributed by atoms with Gasteiger partial charge in [-0.25, -0.2) is 5.01 Å². The van der Waals surface area contributed by atoms with Gasteiger partial charge in [-0.1, -0.05) is 48.5 Å². The summed E-state index contributed by atoms with van der Waals surface area (Å²) in [6, 6.07) is 22.3. The Bertz CT molecular complexity index is 943. The third kappa shape index (κ3) is 3.75. The third-order valence-corrected chi connectivity index (χ3v) is 4.12. The van der Waals surface area contributed by atoms with E-state index in [2.05, 4.69) is 5.43 Å². The van der Waals surface area contributed by atoms with Crippen molar-refractivity contribution in [2.24, 2.45) is 0 Å². The molecule has 3 aromatic carbocycles. The summed E-state index contributed by atoms with van der Waals surface area (Å²) in [4.78, 5) is 25.7. The van der Waals surface area contributed by atoms with Crippen molar-refractivity contribution in [1.82, 2.24) is 10.4 Å². The molecule has 0 aliphatic rings. The molecule has 0 aliphatic heterocycles. The largest absolute Gasteiger partial charge is 0.272 e. The maximum Gasteiger partial charge on any atom is 0.272 e. The number of fused-ring (bicyclic) bond motifs is 1. The molecule has 0 aliphatic carbocycles. The van der Waals surface area contributed by atoms with Crippen molar-refractivity contribution >= 4 is 22.6 Å². The average Bonchev–Trinajstić information content (AvgIpc) is 2.64. The van der Waals surface area contributed by atoms with E-state index in [1.165, 1.54) is 5.01 Å². The topological polar surface area (TPSA) is 49.4 Å². The Morgan fingerprint density at radius 2 is 1.38 bits per heavy atom. The zero-order valence-corrected chi connectivity index (χ0v) is 15.2. The second-order valence-electron chi connectivity index (χ2n) is 7.18. The van der Waals surface area contributed by atoms with E-state index in [4.69, 9.17) is 0 Å². The van der Waals surface area contributed by atoms with Gasteiger partial charge in [-0.05, 0) is 55.8 Å². The van der Waals surface area contributed by atoms with Crippen LogP contribution >= 0.6 is 0 Å². The molecule has 132 valence electrons. The SMILES string of the molecule is CC(C)(C)N(NC(=O)c1ccccc1)C(=O)c1ccc2ccccc2c1. The minimum absolute atomic E-state index is 0.243. The Hall–Kier alpha value is -3.14. The Labute approximate surface area is 153 Å². The van der Waals surface area contributed by atoms with Gasteiger partial charge < -0.3 is 0 Å². The van der Waals surface area contributed by atoms with Crippen LogP contribution in [0, 0.1) is 0 Å². The minimum atomic E-state index is -0.576. The van der Waals surface area contributed by atoms with E-state index in [0.29, 0.717) is 11.1 Å². The van der Waals surface area contributed by atoms with Crippen LogP contribution in [-0.4, -0.2) is 22.4 Å². The van der Waals surface area contributed by atoms with Crippen LogP contribution in [0.2, 0.25) is 0 Å². The molecule has 0 radical (unpaired) electrons. The monoisotopic (exact) mass is 346 g/mol. The van der Waals surface area contributed by atoms with Crippen LogP contribution < -0.4 is 5.43 Å². The quantitative estimate of drug-likeness (QED) is 0.698. The van der Waals surface area contributed by atoms with E-state index in [-0.39, 0.29) is 11.8 Å². The van der Waals surface area contributed by atoms with Crippen LogP contribution in [0.25, 0.3) is 10.8 Å². The van der Waals surface area contributed by atoms with E-state index >= 15 is 0 Å². The number of hydrogen-bond donors (Lipinski definition) is 1. The molecule has 0 aromatic heterocycles. The summed E-state index contributed by atoms with van der Waals surface area (Å²) in [5.74, 6) is -0.554. The molecule has 3 aromatic rings. The van der Waals surface area contributed by atoms with Crippen LogP contribution in [0.4, 0.5) is 0 Å². The first kappa shape index (κ1) is 17.7. The predicted octanol–water partition coefficient (Wildman–Crippen LogP) is 4.43. The Balaban J connectivity index is 1.91. The summed E-state index contributed by atoms with van der Waals surface area (Å²) in [7, 11) is 0. The fourth-order valence-corrected chi connectivity index (χ4v) is 2.73. The van der Waals surface area contributed by atoms with Gasteiger partial charge in [-0.15, -0.1) is 0 Å². The summed E-state index contributed by atoms with van der Waals surface area (Å²) < 4.78 is 0. The lowest BCUT2D eigenvalue weighted by atomic mass is 10.0. The van der Waals surface area contributed by atoms with Crippen molar-refractivity contribution < 1.29 is 9.59 Å². The van der Waals surface area contributed by atoms with Crippen LogP contribution in [0.5, 0.6) is 0 Å². The molecule has 0 fully saturated rings. The predicted molar refractivity (Wildman–Crippen MR) is 104 cm³/mol. The van der Waals surface area contributed by atoms with Gasteiger partial charge >= 0.3 is 0 Å². The molecule has 4 heteroatoms. The molecule has 4 nitrogen and oxygen atoms in total. The molecule has 0 heterocycles. The van der Waals surface area contributed by atoms with Crippen molar-refractivity contribution in [3.05, 3.63) is 83.9 Å². The van der Waals surface area contributed by atoms with Gasteiger partial charge in [-0.2, -0.15) is 0 Å². The molecular formula is C22H22N2O2. The highest BCUT2D eigenvalue weighted by Gasteiger charge is 2.29. The van der Waals surface area contributed by atoms with Gasteiger partial charge in [0.25, 0.3) is 11.8 Å². The maximum absolute atomic E-state index is 13.1. The number of nitrogens with zero attached hydrogens (tertiary/aromatic N) is 1. The van der Waals surface area contributed by atoms with Gasteiger partial charge in [-0.3, -0.25) is 15.0 Å². The second-order valence-corrected chi connectivity index (χ2v) is 7.18. The number of hydrogen-bond acceptors (Lipinski definition) is 2. The maximum atomic E-state index is 13.1. The Kier molecular flexibility index (Phi) is 4.76. The van der Waals surface area contributed by atoms with E-state index in [1.54, 1.807) is 30.3 Å². The average molecular weight is 346 g/mol. The van der Waals surface area contributed by atoms with Crippen molar-refractivity contribution in [2.45, 2.75) is 26.3 Å². The normalized spacial score (nSPS) is 11.2. The fraction of sp³-hybridized carbons (Fsp3) is 0.182. The molecule has 0 unspecified atom stereocenters. The van der Waals surface area contributed by atoms with Gasteiger partial charge in [0.1, 0.15) is 0 Å². The summed E-state index contributed by atoms with van der Waals surface area (Å²) >= 11 is 0. The zero-order chi connectivity index (χ0) is 18.7. The van der Waals surface area contributed by atoms with Gasteiger partial charge in [0, 0.05) is 11.1 Å². The Morgan fingerprint density at radius 3 is 2.04 bits per heavy atom. The molecule has 0 saturated heterocycles. The first-order valence-electron chi connectivity index (χ1n) is 8.56. The van der Waals surface area contributed by atoms with Crippen molar-refractivity contribution in [1.29, 1.82) is 0 Å². The van der Waals surface area contributed by atoms with Crippen molar-refractivity contribution in [2.75, 3.05) is 0 Å². The zero-order valence-electron chi connectivity index (χ0n) is 15.2. The van der Waals surface area contributed by atoms with E-state index in [1.807, 2.05) is 63.2 Å². The number of carbonyl (C=O) groups is 2. The van der Waals surface area contributed by atoms with Gasteiger partial charge in [0.05, 0.1) is 5.54 Å². The first-order valence-corrected chi connectivity index (χ1v) is 8.56. The summed E-state index contributed by atoms with van der Waals surface area (Å²) in [5, 5.41) is 3.45. The summed E-state index contributed by atoms with van der Waals surface area (Å²) in [6.45, 7) is 5.66. The van der Waals surface area contributed by atoms with E-state index in [0.717, 1.165) is 10.8 Å². The van der Waals surface area contributed by atoms with Crippen LogP contribution in [-0.2, 0) is 0 Å². The summed E-state index contributed by atoms with van der Waals surface area (Å²) in [5.41, 5.74) is 3.23. The molecule has 0 atom stereocenters. The van der Waals surface area contributed by atoms with Crippen LogP contribution in [0.3, 0.4) is 0 Å². The number of amides is 2. The molecule has 1 N–H and O–H groups in total. The lowest BCUT2D eigenvalue weighted by Gasteiger charge is -2.35. The second kappa shape index (κ2) is 7.00. The van der Waals surface area contributed by atoms with Gasteiger partial charge in [0.15, 0.2) is 0 Å².